The van der Waals surface area contributed by atoms with Gasteiger partial charge in [0.2, 0.25) is 5.91 Å². The van der Waals surface area contributed by atoms with E-state index < -0.39 is 5.60 Å². The molecule has 1 amide bonds. The molecule has 3 nitrogen and oxygen atoms in total. The zero-order valence-electron chi connectivity index (χ0n) is 5.64. The normalized spacial score (nSPS) is 43.0. The molecule has 3 heteroatoms. The highest BCUT2D eigenvalue weighted by molar-refractivity contribution is 5.80. The highest BCUT2D eigenvalue weighted by Gasteiger charge is 2.38. The summed E-state index contributed by atoms with van der Waals surface area (Å²) < 4.78 is 0. The molecule has 9 heavy (non-hydrogen) atoms. The van der Waals surface area contributed by atoms with Gasteiger partial charge in [0.05, 0.1) is 18.1 Å². The monoisotopic (exact) mass is 129 g/mol. The van der Waals surface area contributed by atoms with Gasteiger partial charge in [0, 0.05) is 0 Å². The zero-order valence-corrected chi connectivity index (χ0v) is 5.64. The predicted molar refractivity (Wildman–Crippen MR) is 32.8 cm³/mol. The van der Waals surface area contributed by atoms with E-state index in [1.165, 1.54) is 0 Å². The molecule has 0 saturated carbocycles. The van der Waals surface area contributed by atoms with Crippen molar-refractivity contribution in [2.24, 2.45) is 0 Å². The summed E-state index contributed by atoms with van der Waals surface area (Å²) in [7, 11) is 0. The van der Waals surface area contributed by atoms with Crippen molar-refractivity contribution in [3.63, 3.8) is 0 Å². The second kappa shape index (κ2) is 1.70. The summed E-state index contributed by atoms with van der Waals surface area (Å²) in [6.07, 6.45) is 0.230. The van der Waals surface area contributed by atoms with Crippen LogP contribution in [0.15, 0.2) is 0 Å². The Morgan fingerprint density at radius 2 is 2.44 bits per heavy atom. The smallest absolute Gasteiger partial charge is 0.223 e. The summed E-state index contributed by atoms with van der Waals surface area (Å²) in [4.78, 5) is 10.6. The van der Waals surface area contributed by atoms with Gasteiger partial charge in [-0.1, -0.05) is 0 Å². The molecule has 1 rings (SSSR count). The van der Waals surface area contributed by atoms with Crippen LogP contribution >= 0.6 is 0 Å². The Bertz CT molecular complexity index is 142. The fourth-order valence-electron chi connectivity index (χ4n) is 0.926. The summed E-state index contributed by atoms with van der Waals surface area (Å²) in [5, 5.41) is 12.0. The van der Waals surface area contributed by atoms with Gasteiger partial charge in [0.1, 0.15) is 0 Å². The van der Waals surface area contributed by atoms with Crippen LogP contribution < -0.4 is 5.32 Å². The Morgan fingerprint density at radius 3 is 2.56 bits per heavy atom. The molecule has 2 atom stereocenters. The van der Waals surface area contributed by atoms with Crippen molar-refractivity contribution in [3.05, 3.63) is 0 Å². The Hall–Kier alpha value is -0.570. The first-order chi connectivity index (χ1) is 4.02. The van der Waals surface area contributed by atoms with Gasteiger partial charge in [0.25, 0.3) is 0 Å². The number of carbonyl (C=O) groups is 1. The standard InChI is InChI=1S/C6H11NO2/c1-4-6(2,9)3-5(8)7-4/h4,9H,3H2,1-2H3,(H,7,8). The minimum absolute atomic E-state index is 0.0625. The minimum atomic E-state index is -0.836. The number of rotatable bonds is 0. The van der Waals surface area contributed by atoms with Gasteiger partial charge in [-0.15, -0.1) is 0 Å². The number of hydrogen-bond donors (Lipinski definition) is 2. The van der Waals surface area contributed by atoms with E-state index in [1.807, 2.05) is 0 Å². The van der Waals surface area contributed by atoms with Crippen LogP contribution in [0.1, 0.15) is 20.3 Å². The average molecular weight is 129 g/mol. The van der Waals surface area contributed by atoms with Crippen molar-refractivity contribution in [2.45, 2.75) is 31.9 Å². The van der Waals surface area contributed by atoms with E-state index in [4.69, 9.17) is 0 Å². The third-order valence-corrected chi connectivity index (χ3v) is 1.83. The Balaban J connectivity index is 2.69. The van der Waals surface area contributed by atoms with Crippen LogP contribution in [0.3, 0.4) is 0 Å². The molecule has 0 aliphatic carbocycles. The van der Waals surface area contributed by atoms with Gasteiger partial charge in [-0.25, -0.2) is 0 Å². The molecule has 1 saturated heterocycles. The van der Waals surface area contributed by atoms with E-state index in [-0.39, 0.29) is 18.4 Å². The molecule has 1 aliphatic rings. The second-order valence-electron chi connectivity index (χ2n) is 2.82. The maximum Gasteiger partial charge on any atom is 0.223 e. The third-order valence-electron chi connectivity index (χ3n) is 1.83. The van der Waals surface area contributed by atoms with E-state index in [0.717, 1.165) is 0 Å². The molecule has 0 spiro atoms. The minimum Gasteiger partial charge on any atom is -0.388 e. The van der Waals surface area contributed by atoms with Crippen molar-refractivity contribution in [1.29, 1.82) is 0 Å². The summed E-state index contributed by atoms with van der Waals surface area (Å²) in [5.74, 6) is -0.0625. The Kier molecular flexibility index (Phi) is 1.24. The molecule has 1 fully saturated rings. The van der Waals surface area contributed by atoms with Crippen LogP contribution in [0.5, 0.6) is 0 Å². The molecule has 1 heterocycles. The first-order valence-electron chi connectivity index (χ1n) is 3.04. The summed E-state index contributed by atoms with van der Waals surface area (Å²) in [6, 6.07) is -0.106. The molecular weight excluding hydrogens is 118 g/mol. The predicted octanol–water partition coefficient (Wildman–Crippen LogP) is -0.354. The summed E-state index contributed by atoms with van der Waals surface area (Å²) in [6.45, 7) is 3.46. The van der Waals surface area contributed by atoms with Gasteiger partial charge >= 0.3 is 0 Å². The quantitative estimate of drug-likeness (QED) is 0.469. The number of amides is 1. The third kappa shape index (κ3) is 1.05. The number of nitrogens with one attached hydrogen (secondary N) is 1. The van der Waals surface area contributed by atoms with E-state index in [1.54, 1.807) is 13.8 Å². The molecule has 0 aromatic heterocycles. The van der Waals surface area contributed by atoms with Crippen molar-refractivity contribution in [1.82, 2.24) is 5.32 Å². The molecule has 0 aromatic rings. The van der Waals surface area contributed by atoms with Crippen molar-refractivity contribution in [3.8, 4) is 0 Å². The lowest BCUT2D eigenvalue weighted by molar-refractivity contribution is -0.120. The summed E-state index contributed by atoms with van der Waals surface area (Å²) in [5.41, 5.74) is -0.836. The van der Waals surface area contributed by atoms with Crippen molar-refractivity contribution >= 4 is 5.91 Å². The maximum absolute atomic E-state index is 10.6. The first-order valence-corrected chi connectivity index (χ1v) is 3.04. The molecule has 2 unspecified atom stereocenters. The van der Waals surface area contributed by atoms with Gasteiger partial charge in [-0.2, -0.15) is 0 Å². The van der Waals surface area contributed by atoms with E-state index in [0.29, 0.717) is 0 Å². The first kappa shape index (κ1) is 6.55. The van der Waals surface area contributed by atoms with E-state index >= 15 is 0 Å². The fraction of sp³-hybridized carbons (Fsp3) is 0.833. The number of hydrogen-bond acceptors (Lipinski definition) is 2. The molecule has 52 valence electrons. The van der Waals surface area contributed by atoms with E-state index in [2.05, 4.69) is 5.32 Å². The Labute approximate surface area is 54.1 Å². The largest absolute Gasteiger partial charge is 0.388 e. The van der Waals surface area contributed by atoms with Gasteiger partial charge < -0.3 is 10.4 Å². The van der Waals surface area contributed by atoms with Crippen LogP contribution in [-0.2, 0) is 4.79 Å². The molecule has 1 aliphatic heterocycles. The Morgan fingerprint density at radius 1 is 1.89 bits per heavy atom. The molecular formula is C6H11NO2. The lowest BCUT2D eigenvalue weighted by Gasteiger charge is -2.19. The average Bonchev–Trinajstić information content (AvgIpc) is 1.79. The van der Waals surface area contributed by atoms with Crippen LogP contribution in [0.4, 0.5) is 0 Å². The zero-order chi connectivity index (χ0) is 7.07. The van der Waals surface area contributed by atoms with Gasteiger partial charge in [0.15, 0.2) is 0 Å². The topological polar surface area (TPSA) is 49.3 Å². The van der Waals surface area contributed by atoms with Gasteiger partial charge in [-0.3, -0.25) is 4.79 Å². The second-order valence-corrected chi connectivity index (χ2v) is 2.82. The van der Waals surface area contributed by atoms with Crippen LogP contribution in [0.2, 0.25) is 0 Å². The highest BCUT2D eigenvalue weighted by atomic mass is 16.3. The molecule has 0 aromatic carbocycles. The molecule has 0 bridgehead atoms. The molecule has 0 radical (unpaired) electrons. The van der Waals surface area contributed by atoms with E-state index in [9.17, 15) is 9.90 Å². The van der Waals surface area contributed by atoms with Gasteiger partial charge in [-0.05, 0) is 13.8 Å². The highest BCUT2D eigenvalue weighted by Crippen LogP contribution is 2.19. The van der Waals surface area contributed by atoms with Crippen LogP contribution in [0, 0.1) is 0 Å². The SMILES string of the molecule is CC1NC(=O)CC1(C)O. The number of carbonyl (C=O) groups excluding carboxylic acids is 1. The molecule has 2 N–H and O–H groups in total. The number of aliphatic hydroxyl groups is 1. The fourth-order valence-corrected chi connectivity index (χ4v) is 0.926. The van der Waals surface area contributed by atoms with Crippen LogP contribution in [0.25, 0.3) is 0 Å². The van der Waals surface area contributed by atoms with Crippen LogP contribution in [-0.4, -0.2) is 22.7 Å². The lowest BCUT2D eigenvalue weighted by Crippen LogP contribution is -2.37. The van der Waals surface area contributed by atoms with Crippen molar-refractivity contribution in [2.75, 3.05) is 0 Å². The van der Waals surface area contributed by atoms with Crippen molar-refractivity contribution < 1.29 is 9.90 Å². The lowest BCUT2D eigenvalue weighted by atomic mass is 9.99. The summed E-state index contributed by atoms with van der Waals surface area (Å²) >= 11 is 0. The maximum atomic E-state index is 10.6.